The van der Waals surface area contributed by atoms with Crippen LogP contribution in [0.1, 0.15) is 12.7 Å². The van der Waals surface area contributed by atoms with Gasteiger partial charge in [-0.2, -0.15) is 0 Å². The molecule has 0 radical (unpaired) electrons. The van der Waals surface area contributed by atoms with E-state index in [2.05, 4.69) is 15.3 Å². The third-order valence-corrected chi connectivity index (χ3v) is 2.83. The Morgan fingerprint density at radius 1 is 1.44 bits per heavy atom. The summed E-state index contributed by atoms with van der Waals surface area (Å²) in [6.45, 7) is 2.88. The highest BCUT2D eigenvalue weighted by atomic mass is 32.2. The summed E-state index contributed by atoms with van der Waals surface area (Å²) < 4.78 is 5.25. The maximum absolute atomic E-state index is 5.25. The van der Waals surface area contributed by atoms with Gasteiger partial charge in [-0.25, -0.2) is 4.98 Å². The van der Waals surface area contributed by atoms with Crippen molar-refractivity contribution in [3.05, 3.63) is 36.5 Å². The Hall–Kier alpha value is -1.49. The van der Waals surface area contributed by atoms with Gasteiger partial charge in [-0.1, -0.05) is 11.8 Å². The number of nitrogens with zero attached hydrogens (tertiary/aromatic N) is 2. The fourth-order valence-electron chi connectivity index (χ4n) is 1.22. The van der Waals surface area contributed by atoms with Crippen molar-refractivity contribution in [2.75, 3.05) is 11.9 Å². The molecular weight excluding hydrogens is 222 g/mol. The highest BCUT2D eigenvalue weighted by Crippen LogP contribution is 2.21. The molecule has 0 saturated carbocycles. The lowest BCUT2D eigenvalue weighted by Crippen LogP contribution is -2.00. The lowest BCUT2D eigenvalue weighted by molar-refractivity contribution is 0.530. The van der Waals surface area contributed by atoms with Crippen molar-refractivity contribution in [2.24, 2.45) is 0 Å². The summed E-state index contributed by atoms with van der Waals surface area (Å²) >= 11 is 1.61. The van der Waals surface area contributed by atoms with Crippen LogP contribution < -0.4 is 5.32 Å². The monoisotopic (exact) mass is 235 g/mol. The van der Waals surface area contributed by atoms with Crippen LogP contribution in [0.15, 0.2) is 40.2 Å². The molecule has 0 bridgehead atoms. The summed E-state index contributed by atoms with van der Waals surface area (Å²) in [6, 6.07) is 3.84. The molecule has 5 heteroatoms. The Morgan fingerprint density at radius 2 is 2.38 bits per heavy atom. The van der Waals surface area contributed by atoms with Gasteiger partial charge in [-0.05, 0) is 19.1 Å². The van der Waals surface area contributed by atoms with Crippen LogP contribution in [-0.2, 0) is 5.75 Å². The number of nitrogens with one attached hydrogen (secondary N) is 1. The van der Waals surface area contributed by atoms with Crippen LogP contribution in [0.4, 0.5) is 5.82 Å². The number of aromatic nitrogens is 2. The zero-order chi connectivity index (χ0) is 11.2. The van der Waals surface area contributed by atoms with E-state index in [1.807, 2.05) is 19.1 Å². The van der Waals surface area contributed by atoms with Gasteiger partial charge in [-0.3, -0.25) is 4.98 Å². The van der Waals surface area contributed by atoms with E-state index < -0.39 is 0 Å². The molecule has 2 aromatic rings. The summed E-state index contributed by atoms with van der Waals surface area (Å²) in [5, 5.41) is 4.03. The lowest BCUT2D eigenvalue weighted by Gasteiger charge is -2.03. The Balaban J connectivity index is 1.96. The van der Waals surface area contributed by atoms with Gasteiger partial charge >= 0.3 is 0 Å². The van der Waals surface area contributed by atoms with E-state index in [1.165, 1.54) is 0 Å². The first-order chi connectivity index (χ1) is 7.88. The summed E-state index contributed by atoms with van der Waals surface area (Å²) in [7, 11) is 0. The van der Waals surface area contributed by atoms with E-state index in [4.69, 9.17) is 4.42 Å². The highest BCUT2D eigenvalue weighted by Gasteiger charge is 2.01. The molecule has 2 aromatic heterocycles. The molecular formula is C11H13N3OS. The predicted octanol–water partition coefficient (Wildman–Crippen LogP) is 2.79. The molecule has 0 aliphatic rings. The quantitative estimate of drug-likeness (QED) is 0.807. The van der Waals surface area contributed by atoms with E-state index in [0.717, 1.165) is 28.9 Å². The van der Waals surface area contributed by atoms with Crippen LogP contribution >= 0.6 is 11.8 Å². The van der Waals surface area contributed by atoms with Crippen LogP contribution in [0.3, 0.4) is 0 Å². The second-order valence-electron chi connectivity index (χ2n) is 3.14. The number of rotatable bonds is 5. The largest absolute Gasteiger partial charge is 0.468 e. The van der Waals surface area contributed by atoms with Crippen LogP contribution in [-0.4, -0.2) is 16.5 Å². The lowest BCUT2D eigenvalue weighted by atomic mass is 10.5. The molecule has 0 saturated heterocycles. The number of furan rings is 1. The summed E-state index contributed by atoms with van der Waals surface area (Å²) in [6.07, 6.45) is 5.16. The Kier molecular flexibility index (Phi) is 3.82. The molecule has 4 nitrogen and oxygen atoms in total. The maximum Gasteiger partial charge on any atom is 0.145 e. The standard InChI is InChI=1S/C11H13N3OS/c1-2-13-10-6-12-7-11(14-10)16-8-9-4-3-5-15-9/h3-7H,2,8H2,1H3,(H,13,14). The van der Waals surface area contributed by atoms with Crippen LogP contribution in [0.2, 0.25) is 0 Å². The molecule has 0 aliphatic carbocycles. The zero-order valence-corrected chi connectivity index (χ0v) is 9.83. The second kappa shape index (κ2) is 5.55. The molecule has 2 rings (SSSR count). The van der Waals surface area contributed by atoms with Crippen molar-refractivity contribution in [2.45, 2.75) is 17.7 Å². The molecule has 0 spiro atoms. The van der Waals surface area contributed by atoms with Gasteiger partial charge in [0.15, 0.2) is 0 Å². The third kappa shape index (κ3) is 3.00. The molecule has 0 fully saturated rings. The molecule has 0 aliphatic heterocycles. The predicted molar refractivity (Wildman–Crippen MR) is 64.5 cm³/mol. The molecule has 1 N–H and O–H groups in total. The van der Waals surface area contributed by atoms with Gasteiger partial charge in [-0.15, -0.1) is 0 Å². The zero-order valence-electron chi connectivity index (χ0n) is 9.01. The smallest absolute Gasteiger partial charge is 0.145 e. The number of anilines is 1. The fourth-order valence-corrected chi connectivity index (χ4v) is 1.98. The first-order valence-corrected chi connectivity index (χ1v) is 6.08. The highest BCUT2D eigenvalue weighted by molar-refractivity contribution is 7.98. The van der Waals surface area contributed by atoms with Gasteiger partial charge in [0.25, 0.3) is 0 Å². The molecule has 0 aromatic carbocycles. The van der Waals surface area contributed by atoms with E-state index in [1.54, 1.807) is 30.4 Å². The van der Waals surface area contributed by atoms with Gasteiger partial charge in [0.1, 0.15) is 16.6 Å². The topological polar surface area (TPSA) is 51.0 Å². The minimum Gasteiger partial charge on any atom is -0.468 e. The average Bonchev–Trinajstić information content (AvgIpc) is 2.80. The molecule has 16 heavy (non-hydrogen) atoms. The minimum absolute atomic E-state index is 0.775. The fraction of sp³-hybridized carbons (Fsp3) is 0.273. The van der Waals surface area contributed by atoms with Crippen molar-refractivity contribution in [3.63, 3.8) is 0 Å². The van der Waals surface area contributed by atoms with Gasteiger partial charge < -0.3 is 9.73 Å². The van der Waals surface area contributed by atoms with Gasteiger partial charge in [0.05, 0.1) is 24.4 Å². The Labute approximate surface area is 98.5 Å². The first kappa shape index (κ1) is 11.0. The van der Waals surface area contributed by atoms with E-state index in [9.17, 15) is 0 Å². The second-order valence-corrected chi connectivity index (χ2v) is 4.14. The minimum atomic E-state index is 0.775. The summed E-state index contributed by atoms with van der Waals surface area (Å²) in [5.74, 6) is 2.53. The first-order valence-electron chi connectivity index (χ1n) is 5.09. The molecule has 84 valence electrons. The molecule has 0 amide bonds. The van der Waals surface area contributed by atoms with Crippen molar-refractivity contribution in [1.82, 2.24) is 9.97 Å². The van der Waals surface area contributed by atoms with Crippen LogP contribution in [0, 0.1) is 0 Å². The maximum atomic E-state index is 5.25. The summed E-state index contributed by atoms with van der Waals surface area (Å²) in [5.41, 5.74) is 0. The van der Waals surface area contributed by atoms with E-state index in [-0.39, 0.29) is 0 Å². The Morgan fingerprint density at radius 3 is 3.12 bits per heavy atom. The van der Waals surface area contributed by atoms with E-state index >= 15 is 0 Å². The number of hydrogen-bond acceptors (Lipinski definition) is 5. The Bertz CT molecular complexity index is 431. The van der Waals surface area contributed by atoms with Gasteiger partial charge in [0, 0.05) is 6.54 Å². The molecule has 2 heterocycles. The van der Waals surface area contributed by atoms with Crippen molar-refractivity contribution in [3.8, 4) is 0 Å². The van der Waals surface area contributed by atoms with Crippen molar-refractivity contribution < 1.29 is 4.42 Å². The molecule has 0 atom stereocenters. The normalized spacial score (nSPS) is 10.3. The van der Waals surface area contributed by atoms with Gasteiger partial charge in [0.2, 0.25) is 0 Å². The average molecular weight is 235 g/mol. The summed E-state index contributed by atoms with van der Waals surface area (Å²) in [4.78, 5) is 8.54. The third-order valence-electron chi connectivity index (χ3n) is 1.91. The number of thioether (sulfide) groups is 1. The molecule has 0 unspecified atom stereocenters. The number of hydrogen-bond donors (Lipinski definition) is 1. The van der Waals surface area contributed by atoms with Crippen LogP contribution in [0.5, 0.6) is 0 Å². The van der Waals surface area contributed by atoms with E-state index in [0.29, 0.717) is 0 Å². The van der Waals surface area contributed by atoms with Crippen molar-refractivity contribution >= 4 is 17.6 Å². The van der Waals surface area contributed by atoms with Crippen LogP contribution in [0.25, 0.3) is 0 Å². The van der Waals surface area contributed by atoms with Crippen molar-refractivity contribution in [1.29, 1.82) is 0 Å². The SMILES string of the molecule is CCNc1cncc(SCc2ccco2)n1.